The maximum Gasteiger partial charge on any atom is 0.150 e. The van der Waals surface area contributed by atoms with Crippen molar-refractivity contribution in [3.63, 3.8) is 0 Å². The quantitative estimate of drug-likeness (QED) is 0.750. The van der Waals surface area contributed by atoms with Crippen molar-refractivity contribution in [2.45, 2.75) is 6.54 Å². The molecule has 19 heavy (non-hydrogen) atoms. The van der Waals surface area contributed by atoms with Gasteiger partial charge in [0.05, 0.1) is 4.47 Å². The lowest BCUT2D eigenvalue weighted by Gasteiger charge is -2.09. The van der Waals surface area contributed by atoms with Crippen molar-refractivity contribution < 1.29 is 13.2 Å². The molecule has 0 amide bonds. The molecule has 0 aliphatic rings. The third kappa shape index (κ3) is 3.51. The van der Waals surface area contributed by atoms with Gasteiger partial charge in [0.25, 0.3) is 0 Å². The average molecular weight is 395 g/mol. The van der Waals surface area contributed by atoms with Crippen molar-refractivity contribution in [1.29, 1.82) is 0 Å². The Morgan fingerprint density at radius 1 is 0.895 bits per heavy atom. The van der Waals surface area contributed by atoms with Gasteiger partial charge in [-0.2, -0.15) is 0 Å². The first-order chi connectivity index (χ1) is 8.97. The van der Waals surface area contributed by atoms with Gasteiger partial charge in [-0.3, -0.25) is 0 Å². The number of hydrogen-bond donors (Lipinski definition) is 1. The predicted octanol–water partition coefficient (Wildman–Crippen LogP) is 5.24. The van der Waals surface area contributed by atoms with Crippen LogP contribution in [-0.2, 0) is 6.54 Å². The Labute approximate surface area is 125 Å². The molecule has 1 N–H and O–H groups in total. The van der Waals surface area contributed by atoms with Gasteiger partial charge in [-0.15, -0.1) is 0 Å². The lowest BCUT2D eigenvalue weighted by molar-refractivity contribution is 0.586. The van der Waals surface area contributed by atoms with Gasteiger partial charge >= 0.3 is 0 Å². The van der Waals surface area contributed by atoms with E-state index in [-0.39, 0.29) is 12.2 Å². The van der Waals surface area contributed by atoms with E-state index in [0.29, 0.717) is 14.5 Å². The normalized spacial score (nSPS) is 10.6. The minimum Gasteiger partial charge on any atom is -0.376 e. The van der Waals surface area contributed by atoms with Crippen molar-refractivity contribution >= 4 is 37.5 Å². The van der Waals surface area contributed by atoms with E-state index >= 15 is 0 Å². The number of nitrogens with one attached hydrogen (secondary N) is 1. The van der Waals surface area contributed by atoms with Crippen molar-refractivity contribution in [3.8, 4) is 0 Å². The van der Waals surface area contributed by atoms with Crippen LogP contribution >= 0.6 is 31.9 Å². The molecule has 1 nitrogen and oxygen atoms in total. The fourth-order valence-corrected chi connectivity index (χ4v) is 2.20. The summed E-state index contributed by atoms with van der Waals surface area (Å²) >= 11 is 6.03. The molecule has 0 saturated heterocycles. The van der Waals surface area contributed by atoms with Crippen molar-refractivity contribution in [1.82, 2.24) is 0 Å². The van der Waals surface area contributed by atoms with Gasteiger partial charge < -0.3 is 5.32 Å². The highest BCUT2D eigenvalue weighted by atomic mass is 79.9. The van der Waals surface area contributed by atoms with Gasteiger partial charge in [0.15, 0.2) is 0 Å². The van der Waals surface area contributed by atoms with Crippen LogP contribution in [0.25, 0.3) is 0 Å². The zero-order valence-corrected chi connectivity index (χ0v) is 12.7. The molecule has 0 radical (unpaired) electrons. The first-order valence-corrected chi connectivity index (χ1v) is 6.88. The van der Waals surface area contributed by atoms with Crippen LogP contribution in [0.5, 0.6) is 0 Å². The number of halogens is 5. The number of anilines is 1. The van der Waals surface area contributed by atoms with Gasteiger partial charge in [0.1, 0.15) is 23.1 Å². The van der Waals surface area contributed by atoms with Gasteiger partial charge in [-0.1, -0.05) is 22.0 Å². The highest BCUT2D eigenvalue weighted by Gasteiger charge is 2.10. The van der Waals surface area contributed by atoms with Crippen molar-refractivity contribution in [3.05, 3.63) is 62.3 Å². The summed E-state index contributed by atoms with van der Waals surface area (Å²) in [6.45, 7) is 0.125. The molecule has 0 aliphatic heterocycles. The molecule has 0 aliphatic carbocycles. The highest BCUT2D eigenvalue weighted by Crippen LogP contribution is 2.24. The standard InChI is InChI=1S/C13H8Br2F3N/c14-8-4-11(17)13(12(18)5-8)19-6-7-1-2-9(15)10(16)3-7/h1-5,19H,6H2. The summed E-state index contributed by atoms with van der Waals surface area (Å²) in [7, 11) is 0. The Hall–Kier alpha value is -1.01. The van der Waals surface area contributed by atoms with Gasteiger partial charge in [0, 0.05) is 11.0 Å². The van der Waals surface area contributed by atoms with Crippen LogP contribution in [0, 0.1) is 17.5 Å². The summed E-state index contributed by atoms with van der Waals surface area (Å²) in [5.74, 6) is -1.83. The van der Waals surface area contributed by atoms with Crippen molar-refractivity contribution in [2.75, 3.05) is 5.32 Å². The van der Waals surface area contributed by atoms with Gasteiger partial charge in [-0.25, -0.2) is 13.2 Å². The van der Waals surface area contributed by atoms with Crippen LogP contribution in [0.15, 0.2) is 39.3 Å². The molecule has 0 spiro atoms. The van der Waals surface area contributed by atoms with E-state index in [1.165, 1.54) is 6.07 Å². The van der Waals surface area contributed by atoms with E-state index in [2.05, 4.69) is 37.2 Å². The maximum absolute atomic E-state index is 13.5. The number of benzene rings is 2. The van der Waals surface area contributed by atoms with E-state index in [4.69, 9.17) is 0 Å². The molecule has 100 valence electrons. The van der Waals surface area contributed by atoms with Crippen LogP contribution in [0.3, 0.4) is 0 Å². The van der Waals surface area contributed by atoms with E-state index in [0.717, 1.165) is 12.1 Å². The molecule has 0 saturated carbocycles. The Morgan fingerprint density at radius 2 is 1.53 bits per heavy atom. The van der Waals surface area contributed by atoms with Crippen molar-refractivity contribution in [2.24, 2.45) is 0 Å². The van der Waals surface area contributed by atoms with E-state index in [9.17, 15) is 13.2 Å². The van der Waals surface area contributed by atoms with Crippen LogP contribution in [0.2, 0.25) is 0 Å². The summed E-state index contributed by atoms with van der Waals surface area (Å²) in [5.41, 5.74) is 0.356. The van der Waals surface area contributed by atoms with Gasteiger partial charge in [0.2, 0.25) is 0 Å². The summed E-state index contributed by atoms with van der Waals surface area (Å²) < 4.78 is 41.0. The summed E-state index contributed by atoms with van der Waals surface area (Å²) in [4.78, 5) is 0. The molecule has 0 fully saturated rings. The zero-order valence-electron chi connectivity index (χ0n) is 9.48. The lowest BCUT2D eigenvalue weighted by atomic mass is 10.2. The Balaban J connectivity index is 2.16. The first-order valence-electron chi connectivity index (χ1n) is 5.29. The second-order valence-corrected chi connectivity index (χ2v) is 5.62. The zero-order chi connectivity index (χ0) is 14.0. The summed E-state index contributed by atoms with van der Waals surface area (Å²) in [6, 6.07) is 6.82. The van der Waals surface area contributed by atoms with Crippen LogP contribution in [-0.4, -0.2) is 0 Å². The molecule has 2 rings (SSSR count). The molecule has 2 aromatic rings. The summed E-state index contributed by atoms with van der Waals surface area (Å²) in [5, 5.41) is 2.62. The summed E-state index contributed by atoms with van der Waals surface area (Å²) in [6.07, 6.45) is 0. The number of hydrogen-bond acceptors (Lipinski definition) is 1. The molecule has 0 bridgehead atoms. The van der Waals surface area contributed by atoms with E-state index in [1.54, 1.807) is 12.1 Å². The molecule has 0 aromatic heterocycles. The maximum atomic E-state index is 13.5. The molecule has 0 atom stereocenters. The third-order valence-electron chi connectivity index (χ3n) is 2.46. The predicted molar refractivity (Wildman–Crippen MR) is 75.5 cm³/mol. The van der Waals surface area contributed by atoms with E-state index < -0.39 is 17.5 Å². The van der Waals surface area contributed by atoms with E-state index in [1.807, 2.05) is 0 Å². The molecule has 0 unspecified atom stereocenters. The van der Waals surface area contributed by atoms with Crippen LogP contribution in [0.4, 0.5) is 18.9 Å². The molecular formula is C13H8Br2F3N. The SMILES string of the molecule is Fc1cc(CNc2c(F)cc(Br)cc2F)ccc1Br. The molecule has 6 heteroatoms. The fourth-order valence-electron chi connectivity index (χ4n) is 1.55. The molecular weight excluding hydrogens is 387 g/mol. The monoisotopic (exact) mass is 393 g/mol. The largest absolute Gasteiger partial charge is 0.376 e. The Kier molecular flexibility index (Phi) is 4.52. The number of rotatable bonds is 3. The fraction of sp³-hybridized carbons (Fsp3) is 0.0769. The minimum atomic E-state index is -0.704. The minimum absolute atomic E-state index is 0.125. The topological polar surface area (TPSA) is 12.0 Å². The Bertz CT molecular complexity index is 594. The first kappa shape index (κ1) is 14.4. The second kappa shape index (κ2) is 5.96. The second-order valence-electron chi connectivity index (χ2n) is 3.85. The van der Waals surface area contributed by atoms with Crippen LogP contribution < -0.4 is 5.32 Å². The molecule has 2 aromatic carbocycles. The van der Waals surface area contributed by atoms with Crippen LogP contribution in [0.1, 0.15) is 5.56 Å². The molecule has 0 heterocycles. The average Bonchev–Trinajstić information content (AvgIpc) is 2.32. The Morgan fingerprint density at radius 3 is 2.11 bits per heavy atom. The highest BCUT2D eigenvalue weighted by molar-refractivity contribution is 9.10. The van der Waals surface area contributed by atoms with Gasteiger partial charge in [-0.05, 0) is 45.8 Å². The smallest absolute Gasteiger partial charge is 0.150 e. The third-order valence-corrected chi connectivity index (χ3v) is 3.56. The lowest BCUT2D eigenvalue weighted by Crippen LogP contribution is -2.04.